The lowest BCUT2D eigenvalue weighted by Gasteiger charge is -2.35. The third-order valence-corrected chi connectivity index (χ3v) is 4.95. The summed E-state index contributed by atoms with van der Waals surface area (Å²) < 4.78 is 5.76. The third kappa shape index (κ3) is 1.17. The lowest BCUT2D eigenvalue weighted by molar-refractivity contribution is -0.00612. The molecule has 1 N–H and O–H groups in total. The molecule has 3 unspecified atom stereocenters. The first-order valence-electron chi connectivity index (χ1n) is 6.87. The first-order valence-corrected chi connectivity index (χ1v) is 6.87. The number of hydrogen-bond acceptors (Lipinski definition) is 2. The summed E-state index contributed by atoms with van der Waals surface area (Å²) >= 11 is 0. The number of benzene rings is 1. The number of carbonyl (C=O) groups excluding carboxylic acids is 1. The standard InChI is InChI=1S/C15H17NO2/c17-14-16-9-15(18-14)12-7-3-1-5-10(12)11-6-2-4-8-13(11)15/h1,3,5,7,11,13H,2,4,6,8-9H2,(H,16,17). The van der Waals surface area contributed by atoms with Crippen LogP contribution in [0.2, 0.25) is 0 Å². The van der Waals surface area contributed by atoms with Gasteiger partial charge in [-0.05, 0) is 24.3 Å². The van der Waals surface area contributed by atoms with Crippen LogP contribution in [0.3, 0.4) is 0 Å². The van der Waals surface area contributed by atoms with E-state index in [9.17, 15) is 4.79 Å². The van der Waals surface area contributed by atoms with E-state index in [-0.39, 0.29) is 11.7 Å². The minimum absolute atomic E-state index is 0.254. The number of rotatable bonds is 0. The second-order valence-corrected chi connectivity index (χ2v) is 5.72. The van der Waals surface area contributed by atoms with E-state index in [1.807, 2.05) is 0 Å². The first kappa shape index (κ1) is 10.4. The first-order chi connectivity index (χ1) is 8.81. The highest BCUT2D eigenvalue weighted by Gasteiger charge is 2.57. The van der Waals surface area contributed by atoms with Crippen molar-refractivity contribution in [2.75, 3.05) is 6.54 Å². The van der Waals surface area contributed by atoms with Gasteiger partial charge in [0.1, 0.15) is 0 Å². The van der Waals surface area contributed by atoms with Gasteiger partial charge >= 0.3 is 6.09 Å². The normalized spacial score (nSPS) is 37.0. The zero-order valence-corrected chi connectivity index (χ0v) is 10.3. The Morgan fingerprint density at radius 2 is 2.06 bits per heavy atom. The van der Waals surface area contributed by atoms with Gasteiger partial charge in [0.15, 0.2) is 5.60 Å². The monoisotopic (exact) mass is 243 g/mol. The Morgan fingerprint density at radius 1 is 1.22 bits per heavy atom. The number of alkyl carbamates (subject to hydrolysis) is 1. The zero-order chi connectivity index (χ0) is 12.2. The molecule has 0 aromatic heterocycles. The molecule has 1 aromatic carbocycles. The van der Waals surface area contributed by atoms with Crippen molar-refractivity contribution in [2.45, 2.75) is 37.2 Å². The summed E-state index contributed by atoms with van der Waals surface area (Å²) in [5, 5.41) is 2.87. The number of carbonyl (C=O) groups is 1. The van der Waals surface area contributed by atoms with Gasteiger partial charge in [-0.2, -0.15) is 0 Å². The molecule has 1 heterocycles. The Labute approximate surface area is 107 Å². The molecular weight excluding hydrogens is 226 g/mol. The van der Waals surface area contributed by atoms with Gasteiger partial charge in [0.25, 0.3) is 0 Å². The van der Waals surface area contributed by atoms with E-state index in [1.165, 1.54) is 36.8 Å². The zero-order valence-electron chi connectivity index (χ0n) is 10.3. The van der Waals surface area contributed by atoms with E-state index in [2.05, 4.69) is 29.6 Å². The molecule has 1 spiro atoms. The van der Waals surface area contributed by atoms with E-state index >= 15 is 0 Å². The summed E-state index contributed by atoms with van der Waals surface area (Å²) in [6.45, 7) is 0.643. The average Bonchev–Trinajstić information content (AvgIpc) is 2.93. The molecule has 1 saturated carbocycles. The lowest BCUT2D eigenvalue weighted by atomic mass is 9.74. The molecule has 3 nitrogen and oxygen atoms in total. The van der Waals surface area contributed by atoms with Crippen LogP contribution >= 0.6 is 0 Å². The van der Waals surface area contributed by atoms with Crippen LogP contribution in [0.25, 0.3) is 0 Å². The molecule has 18 heavy (non-hydrogen) atoms. The molecule has 0 radical (unpaired) electrons. The second kappa shape index (κ2) is 3.50. The number of fused-ring (bicyclic) bond motifs is 5. The van der Waals surface area contributed by atoms with Crippen molar-refractivity contribution >= 4 is 6.09 Å². The highest BCUT2D eigenvalue weighted by molar-refractivity contribution is 5.71. The fourth-order valence-electron chi connectivity index (χ4n) is 4.26. The predicted octanol–water partition coefficient (Wildman–Crippen LogP) is 2.91. The van der Waals surface area contributed by atoms with E-state index in [0.29, 0.717) is 18.4 Å². The van der Waals surface area contributed by atoms with Gasteiger partial charge in [-0.15, -0.1) is 0 Å². The van der Waals surface area contributed by atoms with Gasteiger partial charge in [0, 0.05) is 11.5 Å². The maximum Gasteiger partial charge on any atom is 0.408 e. The fraction of sp³-hybridized carbons (Fsp3) is 0.533. The highest BCUT2D eigenvalue weighted by atomic mass is 16.6. The van der Waals surface area contributed by atoms with Gasteiger partial charge in [0.2, 0.25) is 0 Å². The number of nitrogens with one attached hydrogen (secondary N) is 1. The highest BCUT2D eigenvalue weighted by Crippen LogP contribution is 2.57. The van der Waals surface area contributed by atoms with Crippen LogP contribution in [0.4, 0.5) is 4.79 Å². The Bertz CT molecular complexity index is 513. The molecule has 1 aliphatic heterocycles. The smallest absolute Gasteiger partial charge is 0.408 e. The van der Waals surface area contributed by atoms with Crippen molar-refractivity contribution in [3.63, 3.8) is 0 Å². The molecule has 3 atom stereocenters. The molecule has 4 rings (SSSR count). The summed E-state index contributed by atoms with van der Waals surface area (Å²) in [5.74, 6) is 1.06. The molecular formula is C15H17NO2. The molecule has 2 fully saturated rings. The van der Waals surface area contributed by atoms with Crippen LogP contribution in [0.15, 0.2) is 24.3 Å². The van der Waals surface area contributed by atoms with Crippen molar-refractivity contribution in [1.29, 1.82) is 0 Å². The molecule has 1 amide bonds. The summed E-state index contributed by atoms with van der Waals surface area (Å²) in [4.78, 5) is 11.6. The fourth-order valence-corrected chi connectivity index (χ4v) is 4.26. The molecule has 3 aliphatic rings. The summed E-state index contributed by atoms with van der Waals surface area (Å²) in [6.07, 6.45) is 4.72. The van der Waals surface area contributed by atoms with Gasteiger partial charge in [-0.25, -0.2) is 4.79 Å². The Balaban J connectivity index is 1.89. The SMILES string of the molecule is O=C1NCC2(O1)c1ccccc1C1CCCCC12. The minimum atomic E-state index is -0.376. The van der Waals surface area contributed by atoms with Gasteiger partial charge in [-0.3, -0.25) is 0 Å². The van der Waals surface area contributed by atoms with Crippen LogP contribution in [0, 0.1) is 5.92 Å². The van der Waals surface area contributed by atoms with Gasteiger partial charge in [0.05, 0.1) is 6.54 Å². The topological polar surface area (TPSA) is 38.3 Å². The molecule has 3 heteroatoms. The van der Waals surface area contributed by atoms with Crippen LogP contribution in [-0.2, 0) is 10.3 Å². The molecule has 2 aliphatic carbocycles. The van der Waals surface area contributed by atoms with E-state index < -0.39 is 0 Å². The van der Waals surface area contributed by atoms with Crippen molar-refractivity contribution in [3.05, 3.63) is 35.4 Å². The Hall–Kier alpha value is -1.51. The Morgan fingerprint density at radius 3 is 2.89 bits per heavy atom. The van der Waals surface area contributed by atoms with Crippen LogP contribution in [0.5, 0.6) is 0 Å². The number of ether oxygens (including phenoxy) is 1. The molecule has 94 valence electrons. The van der Waals surface area contributed by atoms with Gasteiger partial charge < -0.3 is 10.1 Å². The molecule has 1 saturated heterocycles. The van der Waals surface area contributed by atoms with E-state index in [1.54, 1.807) is 0 Å². The van der Waals surface area contributed by atoms with E-state index in [4.69, 9.17) is 4.74 Å². The second-order valence-electron chi connectivity index (χ2n) is 5.72. The Kier molecular flexibility index (Phi) is 2.02. The van der Waals surface area contributed by atoms with Crippen LogP contribution in [-0.4, -0.2) is 12.6 Å². The van der Waals surface area contributed by atoms with Crippen LogP contribution in [0.1, 0.15) is 42.7 Å². The lowest BCUT2D eigenvalue weighted by Crippen LogP contribution is -2.37. The quantitative estimate of drug-likeness (QED) is 0.761. The predicted molar refractivity (Wildman–Crippen MR) is 67.3 cm³/mol. The largest absolute Gasteiger partial charge is 0.436 e. The number of amides is 1. The van der Waals surface area contributed by atoms with Crippen molar-refractivity contribution in [2.24, 2.45) is 5.92 Å². The van der Waals surface area contributed by atoms with Crippen LogP contribution < -0.4 is 5.32 Å². The van der Waals surface area contributed by atoms with E-state index in [0.717, 1.165) is 0 Å². The summed E-state index contributed by atoms with van der Waals surface area (Å²) in [7, 11) is 0. The summed E-state index contributed by atoms with van der Waals surface area (Å²) in [5.41, 5.74) is 2.29. The van der Waals surface area contributed by atoms with Crippen molar-refractivity contribution < 1.29 is 9.53 Å². The van der Waals surface area contributed by atoms with Gasteiger partial charge in [-0.1, -0.05) is 37.1 Å². The average molecular weight is 243 g/mol. The summed E-state index contributed by atoms with van der Waals surface area (Å²) in [6, 6.07) is 8.53. The third-order valence-electron chi connectivity index (χ3n) is 4.95. The minimum Gasteiger partial charge on any atom is -0.436 e. The van der Waals surface area contributed by atoms with Crippen molar-refractivity contribution in [3.8, 4) is 0 Å². The molecule has 0 bridgehead atoms. The molecule has 1 aromatic rings. The van der Waals surface area contributed by atoms with Crippen molar-refractivity contribution in [1.82, 2.24) is 5.32 Å². The maximum absolute atomic E-state index is 11.6. The number of hydrogen-bond donors (Lipinski definition) is 1. The maximum atomic E-state index is 11.6.